The molecule has 0 radical (unpaired) electrons. The minimum atomic E-state index is -0.441. The largest absolute Gasteiger partial charge is 0.444 e. The SMILES string of the molecule is C[C@@H](c1cccs1)N1CCC[C@@H](N(C)C(=O)OC(C)(C)C)C1. The van der Waals surface area contributed by atoms with Gasteiger partial charge in [-0.2, -0.15) is 0 Å². The van der Waals surface area contributed by atoms with E-state index in [1.807, 2.05) is 27.8 Å². The Bertz CT molecular complexity index is 481. The van der Waals surface area contributed by atoms with Crippen molar-refractivity contribution in [2.75, 3.05) is 20.1 Å². The van der Waals surface area contributed by atoms with Gasteiger partial charge in [0.05, 0.1) is 0 Å². The monoisotopic (exact) mass is 324 g/mol. The fraction of sp³-hybridized carbons (Fsp3) is 0.706. The average Bonchev–Trinajstić information content (AvgIpc) is 2.98. The second kappa shape index (κ2) is 7.01. The third-order valence-electron chi connectivity index (χ3n) is 4.16. The quantitative estimate of drug-likeness (QED) is 0.837. The van der Waals surface area contributed by atoms with E-state index in [9.17, 15) is 4.79 Å². The van der Waals surface area contributed by atoms with E-state index in [4.69, 9.17) is 4.74 Å². The van der Waals surface area contributed by atoms with E-state index in [0.29, 0.717) is 6.04 Å². The van der Waals surface area contributed by atoms with Crippen LogP contribution in [0.5, 0.6) is 0 Å². The molecule has 0 spiro atoms. The van der Waals surface area contributed by atoms with Crippen molar-refractivity contribution in [1.82, 2.24) is 9.80 Å². The zero-order valence-corrected chi connectivity index (χ0v) is 15.2. The Labute approximate surface area is 138 Å². The van der Waals surface area contributed by atoms with Gasteiger partial charge in [-0.15, -0.1) is 11.3 Å². The first-order chi connectivity index (χ1) is 10.3. The fourth-order valence-electron chi connectivity index (χ4n) is 2.84. The molecule has 0 aliphatic carbocycles. The summed E-state index contributed by atoms with van der Waals surface area (Å²) in [7, 11) is 1.86. The summed E-state index contributed by atoms with van der Waals surface area (Å²) in [5.41, 5.74) is -0.441. The summed E-state index contributed by atoms with van der Waals surface area (Å²) >= 11 is 1.80. The predicted molar refractivity (Wildman–Crippen MR) is 91.3 cm³/mol. The molecule has 0 saturated carbocycles. The van der Waals surface area contributed by atoms with Gasteiger partial charge in [0, 0.05) is 30.6 Å². The minimum absolute atomic E-state index is 0.219. The van der Waals surface area contributed by atoms with E-state index in [2.05, 4.69) is 29.3 Å². The van der Waals surface area contributed by atoms with Crippen LogP contribution in [0.25, 0.3) is 0 Å². The van der Waals surface area contributed by atoms with Crippen LogP contribution in [0, 0.1) is 0 Å². The van der Waals surface area contributed by atoms with Gasteiger partial charge in [0.1, 0.15) is 5.60 Å². The molecule has 5 heteroatoms. The number of hydrogen-bond donors (Lipinski definition) is 0. The zero-order chi connectivity index (χ0) is 16.3. The normalized spacial score (nSPS) is 21.4. The van der Waals surface area contributed by atoms with Crippen LogP contribution in [-0.2, 0) is 4.74 Å². The summed E-state index contributed by atoms with van der Waals surface area (Å²) in [4.78, 5) is 17.9. The molecule has 4 nitrogen and oxygen atoms in total. The van der Waals surface area contributed by atoms with Crippen LogP contribution in [0.3, 0.4) is 0 Å². The Hall–Kier alpha value is -1.07. The van der Waals surface area contributed by atoms with Gasteiger partial charge in [0.15, 0.2) is 0 Å². The molecule has 1 aliphatic heterocycles. The number of likely N-dealkylation sites (tertiary alicyclic amines) is 1. The number of nitrogens with zero attached hydrogens (tertiary/aromatic N) is 2. The van der Waals surface area contributed by atoms with Gasteiger partial charge in [-0.25, -0.2) is 4.79 Å². The smallest absolute Gasteiger partial charge is 0.410 e. The van der Waals surface area contributed by atoms with E-state index in [0.717, 1.165) is 25.9 Å². The van der Waals surface area contributed by atoms with Crippen LogP contribution >= 0.6 is 11.3 Å². The van der Waals surface area contributed by atoms with Crippen molar-refractivity contribution in [3.63, 3.8) is 0 Å². The highest BCUT2D eigenvalue weighted by Crippen LogP contribution is 2.28. The first-order valence-electron chi connectivity index (χ1n) is 8.01. The lowest BCUT2D eigenvalue weighted by molar-refractivity contribution is 0.0106. The third-order valence-corrected chi connectivity index (χ3v) is 5.20. The van der Waals surface area contributed by atoms with Crippen molar-refractivity contribution in [3.05, 3.63) is 22.4 Å². The number of ether oxygens (including phenoxy) is 1. The Balaban J connectivity index is 1.96. The maximum Gasteiger partial charge on any atom is 0.410 e. The van der Waals surface area contributed by atoms with Crippen molar-refractivity contribution >= 4 is 17.4 Å². The second-order valence-electron chi connectivity index (χ2n) is 7.07. The van der Waals surface area contributed by atoms with Crippen molar-refractivity contribution in [1.29, 1.82) is 0 Å². The molecular weight excluding hydrogens is 296 g/mol. The van der Waals surface area contributed by atoms with Gasteiger partial charge in [-0.1, -0.05) is 6.07 Å². The van der Waals surface area contributed by atoms with Gasteiger partial charge in [0.25, 0.3) is 0 Å². The Morgan fingerprint density at radius 3 is 2.82 bits per heavy atom. The molecule has 0 unspecified atom stereocenters. The molecule has 124 valence electrons. The molecule has 1 aromatic heterocycles. The Morgan fingerprint density at radius 1 is 1.50 bits per heavy atom. The number of rotatable bonds is 3. The molecule has 1 fully saturated rings. The molecule has 1 aromatic rings. The standard InChI is InChI=1S/C17H28N2O2S/c1-13(15-9-7-11-22-15)19-10-6-8-14(12-19)18(5)16(20)21-17(2,3)4/h7,9,11,13-14H,6,8,10,12H2,1-5H3/t13-,14+/m0/s1. The molecule has 2 heterocycles. The first-order valence-corrected chi connectivity index (χ1v) is 8.89. The van der Waals surface area contributed by atoms with Gasteiger partial charge in [0.2, 0.25) is 0 Å². The second-order valence-corrected chi connectivity index (χ2v) is 8.05. The van der Waals surface area contributed by atoms with Crippen molar-refractivity contribution in [3.8, 4) is 0 Å². The lowest BCUT2D eigenvalue weighted by atomic mass is 10.0. The summed E-state index contributed by atoms with van der Waals surface area (Å²) in [6, 6.07) is 4.93. The van der Waals surface area contributed by atoms with Gasteiger partial charge < -0.3 is 9.64 Å². The number of likely N-dealkylation sites (N-methyl/N-ethyl adjacent to an activating group) is 1. The fourth-order valence-corrected chi connectivity index (χ4v) is 3.66. The van der Waals surface area contributed by atoms with Gasteiger partial charge >= 0.3 is 6.09 Å². The van der Waals surface area contributed by atoms with Crippen LogP contribution in [-0.4, -0.2) is 47.7 Å². The molecular formula is C17H28N2O2S. The number of carbonyl (C=O) groups is 1. The number of carbonyl (C=O) groups excluding carboxylic acids is 1. The summed E-state index contributed by atoms with van der Waals surface area (Å²) in [6.07, 6.45) is 1.94. The van der Waals surface area contributed by atoms with Gasteiger partial charge in [-0.05, 0) is 58.5 Å². The zero-order valence-electron chi connectivity index (χ0n) is 14.3. The van der Waals surface area contributed by atoms with Crippen molar-refractivity contribution in [2.24, 2.45) is 0 Å². The van der Waals surface area contributed by atoms with E-state index in [-0.39, 0.29) is 12.1 Å². The number of thiophene rings is 1. The molecule has 1 aliphatic rings. The molecule has 2 atom stereocenters. The summed E-state index contributed by atoms with van der Waals surface area (Å²) in [6.45, 7) is 9.98. The Kier molecular flexibility index (Phi) is 5.50. The van der Waals surface area contributed by atoms with Crippen LogP contribution in [0.15, 0.2) is 17.5 Å². The highest BCUT2D eigenvalue weighted by Gasteiger charge is 2.31. The predicted octanol–water partition coefficient (Wildman–Crippen LogP) is 4.14. The summed E-state index contributed by atoms with van der Waals surface area (Å²) in [5, 5.41) is 2.13. The van der Waals surface area contributed by atoms with E-state index in [1.165, 1.54) is 4.88 Å². The number of hydrogen-bond acceptors (Lipinski definition) is 4. The average molecular weight is 324 g/mol. The topological polar surface area (TPSA) is 32.8 Å². The van der Waals surface area contributed by atoms with E-state index in [1.54, 1.807) is 16.2 Å². The maximum absolute atomic E-state index is 12.3. The summed E-state index contributed by atoms with van der Waals surface area (Å²) in [5.74, 6) is 0. The Morgan fingerprint density at radius 2 is 2.23 bits per heavy atom. The van der Waals surface area contributed by atoms with Gasteiger partial charge in [-0.3, -0.25) is 4.90 Å². The molecule has 0 aromatic carbocycles. The summed E-state index contributed by atoms with van der Waals surface area (Å²) < 4.78 is 5.49. The van der Waals surface area contributed by atoms with Crippen LogP contribution in [0.2, 0.25) is 0 Å². The van der Waals surface area contributed by atoms with Crippen LogP contribution in [0.4, 0.5) is 4.79 Å². The number of piperidine rings is 1. The van der Waals surface area contributed by atoms with E-state index < -0.39 is 5.60 Å². The maximum atomic E-state index is 12.3. The van der Waals surface area contributed by atoms with Crippen molar-refractivity contribution in [2.45, 2.75) is 58.2 Å². The molecule has 1 saturated heterocycles. The van der Waals surface area contributed by atoms with Crippen LogP contribution in [0.1, 0.15) is 51.5 Å². The third kappa shape index (κ3) is 4.46. The molecule has 22 heavy (non-hydrogen) atoms. The van der Waals surface area contributed by atoms with E-state index >= 15 is 0 Å². The molecule has 0 bridgehead atoms. The number of amides is 1. The minimum Gasteiger partial charge on any atom is -0.444 e. The van der Waals surface area contributed by atoms with Crippen LogP contribution < -0.4 is 0 Å². The van der Waals surface area contributed by atoms with Crippen molar-refractivity contribution < 1.29 is 9.53 Å². The highest BCUT2D eigenvalue weighted by atomic mass is 32.1. The first kappa shape index (κ1) is 17.3. The lowest BCUT2D eigenvalue weighted by Gasteiger charge is -2.40. The molecule has 2 rings (SSSR count). The molecule has 0 N–H and O–H groups in total. The highest BCUT2D eigenvalue weighted by molar-refractivity contribution is 7.10. The lowest BCUT2D eigenvalue weighted by Crippen LogP contribution is -2.50. The molecule has 1 amide bonds.